The molecule has 7 nitrogen and oxygen atoms in total. The molecule has 0 radical (unpaired) electrons. The fourth-order valence-electron chi connectivity index (χ4n) is 1.86. The van der Waals surface area contributed by atoms with E-state index in [1.165, 1.54) is 12.5 Å². The van der Waals surface area contributed by atoms with Gasteiger partial charge >= 0.3 is 0 Å². The zero-order chi connectivity index (χ0) is 17.0. The van der Waals surface area contributed by atoms with Crippen molar-refractivity contribution in [3.8, 4) is 0 Å². The van der Waals surface area contributed by atoms with Crippen LogP contribution in [0.5, 0.6) is 0 Å². The van der Waals surface area contributed by atoms with Gasteiger partial charge in [0.2, 0.25) is 11.1 Å². The molecule has 0 bridgehead atoms. The molecule has 2 N–H and O–H groups in total. The van der Waals surface area contributed by atoms with Gasteiger partial charge in [0.25, 0.3) is 5.56 Å². The number of aryl methyl sites for hydroxylation is 2. The fourth-order valence-corrected chi connectivity index (χ4v) is 2.65. The van der Waals surface area contributed by atoms with Crippen LogP contribution in [0, 0.1) is 13.8 Å². The highest BCUT2D eigenvalue weighted by molar-refractivity contribution is 7.99. The first kappa shape index (κ1) is 17.0. The summed E-state index contributed by atoms with van der Waals surface area (Å²) in [7, 11) is 1.74. The number of hydrogen-bond donors (Lipinski definition) is 1. The Balaban J connectivity index is 1.95. The highest BCUT2D eigenvalue weighted by atomic mass is 32.2. The molecular formula is C15H19N5O2S. The van der Waals surface area contributed by atoms with Crippen molar-refractivity contribution in [3.05, 3.63) is 51.4 Å². The van der Waals surface area contributed by atoms with Crippen molar-refractivity contribution < 1.29 is 4.79 Å². The molecule has 0 saturated carbocycles. The van der Waals surface area contributed by atoms with Crippen molar-refractivity contribution in [2.75, 3.05) is 18.6 Å². The van der Waals surface area contributed by atoms with Gasteiger partial charge in [-0.05, 0) is 19.4 Å². The molecule has 0 aliphatic carbocycles. The second kappa shape index (κ2) is 7.28. The quantitative estimate of drug-likeness (QED) is 0.640. The van der Waals surface area contributed by atoms with Gasteiger partial charge in [-0.1, -0.05) is 41.6 Å². The predicted molar refractivity (Wildman–Crippen MR) is 89.6 cm³/mol. The maximum atomic E-state index is 12.2. The third kappa shape index (κ3) is 4.32. The van der Waals surface area contributed by atoms with Gasteiger partial charge in [0.15, 0.2) is 0 Å². The second-order valence-corrected chi connectivity index (χ2v) is 6.21. The van der Waals surface area contributed by atoms with E-state index in [-0.39, 0.29) is 22.5 Å². The predicted octanol–water partition coefficient (Wildman–Crippen LogP) is 0.720. The summed E-state index contributed by atoms with van der Waals surface area (Å²) < 4.78 is 0.917. The molecule has 1 amide bonds. The monoisotopic (exact) mass is 333 g/mol. The first-order valence-electron chi connectivity index (χ1n) is 7.02. The number of aromatic nitrogens is 3. The summed E-state index contributed by atoms with van der Waals surface area (Å²) in [6.45, 7) is 4.08. The van der Waals surface area contributed by atoms with E-state index in [2.05, 4.69) is 10.2 Å². The third-order valence-corrected chi connectivity index (χ3v) is 4.24. The van der Waals surface area contributed by atoms with Crippen molar-refractivity contribution in [1.82, 2.24) is 19.8 Å². The average molecular weight is 333 g/mol. The molecule has 0 unspecified atom stereocenters. The average Bonchev–Trinajstić information content (AvgIpc) is 2.53. The molecule has 0 atom stereocenters. The highest BCUT2D eigenvalue weighted by Crippen LogP contribution is 2.13. The van der Waals surface area contributed by atoms with Crippen molar-refractivity contribution in [3.63, 3.8) is 0 Å². The van der Waals surface area contributed by atoms with Crippen molar-refractivity contribution >= 4 is 17.7 Å². The Hall–Kier alpha value is -2.35. The van der Waals surface area contributed by atoms with Crippen LogP contribution in [0.15, 0.2) is 34.2 Å². The molecule has 8 heteroatoms. The molecule has 0 aliphatic rings. The van der Waals surface area contributed by atoms with Crippen molar-refractivity contribution in [2.24, 2.45) is 0 Å². The van der Waals surface area contributed by atoms with Crippen LogP contribution in [0.2, 0.25) is 0 Å². The fraction of sp³-hybridized carbons (Fsp3) is 0.333. The zero-order valence-corrected chi connectivity index (χ0v) is 14.1. The van der Waals surface area contributed by atoms with Crippen LogP contribution in [0.4, 0.5) is 0 Å². The lowest BCUT2D eigenvalue weighted by Crippen LogP contribution is -2.33. The molecule has 0 fully saturated rings. The minimum atomic E-state index is -0.414. The summed E-state index contributed by atoms with van der Waals surface area (Å²) >= 11 is 1.09. The summed E-state index contributed by atoms with van der Waals surface area (Å²) in [5.41, 5.74) is 2.04. The molecule has 1 aromatic heterocycles. The minimum absolute atomic E-state index is 0.0783. The Labute approximate surface area is 138 Å². The van der Waals surface area contributed by atoms with Gasteiger partial charge in [-0.2, -0.15) is 4.68 Å². The van der Waals surface area contributed by atoms with E-state index in [1.807, 2.05) is 31.2 Å². The second-order valence-electron chi connectivity index (χ2n) is 5.27. The van der Waals surface area contributed by atoms with E-state index in [1.54, 1.807) is 11.9 Å². The number of nitrogen functional groups attached to an aromatic ring is 1. The number of carbonyl (C=O) groups is 1. The van der Waals surface area contributed by atoms with E-state index in [0.717, 1.165) is 22.0 Å². The lowest BCUT2D eigenvalue weighted by molar-refractivity contribution is -0.127. The summed E-state index contributed by atoms with van der Waals surface area (Å²) in [5.74, 6) is 5.70. The first-order chi connectivity index (χ1) is 10.9. The molecule has 2 rings (SSSR count). The van der Waals surface area contributed by atoms with E-state index < -0.39 is 5.56 Å². The largest absolute Gasteiger partial charge is 0.341 e. The smallest absolute Gasteiger partial charge is 0.294 e. The van der Waals surface area contributed by atoms with Crippen LogP contribution in [0.1, 0.15) is 16.8 Å². The molecular weight excluding hydrogens is 314 g/mol. The molecule has 122 valence electrons. The minimum Gasteiger partial charge on any atom is -0.341 e. The third-order valence-electron chi connectivity index (χ3n) is 3.31. The Bertz CT molecular complexity index is 757. The van der Waals surface area contributed by atoms with Crippen LogP contribution in [-0.2, 0) is 11.3 Å². The summed E-state index contributed by atoms with van der Waals surface area (Å²) in [6, 6.07) is 8.01. The zero-order valence-electron chi connectivity index (χ0n) is 13.3. The maximum Gasteiger partial charge on any atom is 0.294 e. The van der Waals surface area contributed by atoms with Gasteiger partial charge in [-0.25, -0.2) is 0 Å². The lowest BCUT2D eigenvalue weighted by atomic mass is 10.1. The maximum absolute atomic E-state index is 12.2. The Morgan fingerprint density at radius 2 is 1.91 bits per heavy atom. The first-order valence-corrected chi connectivity index (χ1v) is 8.00. The van der Waals surface area contributed by atoms with Crippen LogP contribution >= 0.6 is 11.8 Å². The molecule has 1 aromatic carbocycles. The lowest BCUT2D eigenvalue weighted by Gasteiger charge is -2.17. The van der Waals surface area contributed by atoms with Crippen LogP contribution in [0.3, 0.4) is 0 Å². The van der Waals surface area contributed by atoms with Gasteiger partial charge in [-0.3, -0.25) is 9.59 Å². The summed E-state index contributed by atoms with van der Waals surface area (Å²) in [4.78, 5) is 25.5. The van der Waals surface area contributed by atoms with Gasteiger partial charge in [0, 0.05) is 13.6 Å². The Morgan fingerprint density at radius 3 is 2.57 bits per heavy atom. The number of amides is 1. The number of carbonyl (C=O) groups excluding carboxylic acids is 1. The van der Waals surface area contributed by atoms with Gasteiger partial charge < -0.3 is 10.7 Å². The Kier molecular flexibility index (Phi) is 5.38. The SMILES string of the molecule is Cc1ccc(CN(C)C(=O)CSc2nnc(C)c(=O)n2N)cc1. The molecule has 0 aliphatic heterocycles. The van der Waals surface area contributed by atoms with Crippen LogP contribution in [0.25, 0.3) is 0 Å². The van der Waals surface area contributed by atoms with E-state index in [9.17, 15) is 9.59 Å². The number of rotatable bonds is 5. The summed E-state index contributed by atoms with van der Waals surface area (Å²) in [5, 5.41) is 7.79. The number of benzene rings is 1. The molecule has 0 saturated heterocycles. The van der Waals surface area contributed by atoms with Gasteiger partial charge in [-0.15, -0.1) is 10.2 Å². The molecule has 2 aromatic rings. The van der Waals surface area contributed by atoms with Gasteiger partial charge in [0.1, 0.15) is 5.69 Å². The van der Waals surface area contributed by atoms with Crippen LogP contribution < -0.4 is 11.4 Å². The normalized spacial score (nSPS) is 10.6. The summed E-state index contributed by atoms with van der Waals surface area (Å²) in [6.07, 6.45) is 0. The topological polar surface area (TPSA) is 94.1 Å². The molecule has 23 heavy (non-hydrogen) atoms. The Morgan fingerprint density at radius 1 is 1.26 bits per heavy atom. The van der Waals surface area contributed by atoms with E-state index >= 15 is 0 Å². The van der Waals surface area contributed by atoms with E-state index in [4.69, 9.17) is 5.84 Å². The number of nitrogens with zero attached hydrogens (tertiary/aromatic N) is 4. The highest BCUT2D eigenvalue weighted by Gasteiger charge is 2.13. The number of hydrogen-bond acceptors (Lipinski definition) is 6. The number of nitrogens with two attached hydrogens (primary N) is 1. The van der Waals surface area contributed by atoms with Crippen molar-refractivity contribution in [2.45, 2.75) is 25.5 Å². The molecule has 1 heterocycles. The van der Waals surface area contributed by atoms with Crippen LogP contribution in [-0.4, -0.2) is 38.5 Å². The molecule has 0 spiro atoms. The number of thioether (sulfide) groups is 1. The van der Waals surface area contributed by atoms with E-state index in [0.29, 0.717) is 6.54 Å². The standard InChI is InChI=1S/C15H19N5O2S/c1-10-4-6-12(7-5-10)8-19(3)13(21)9-23-15-18-17-11(2)14(22)20(15)16/h4-7H,8-9,16H2,1-3H3. The van der Waals surface area contributed by atoms with Crippen molar-refractivity contribution in [1.29, 1.82) is 0 Å². The van der Waals surface area contributed by atoms with Gasteiger partial charge in [0.05, 0.1) is 5.75 Å².